The van der Waals surface area contributed by atoms with Crippen molar-refractivity contribution in [3.8, 4) is 0 Å². The molecule has 0 aromatic heterocycles. The van der Waals surface area contributed by atoms with E-state index in [1.807, 2.05) is 54.6 Å². The van der Waals surface area contributed by atoms with Gasteiger partial charge in [-0.15, -0.1) is 0 Å². The Balaban J connectivity index is 1.78. The number of methoxy groups -OCH3 is 1. The minimum Gasteiger partial charge on any atom is -0.390 e. The molecule has 0 amide bonds. The largest absolute Gasteiger partial charge is 0.390 e. The van der Waals surface area contributed by atoms with Crippen LogP contribution in [-0.4, -0.2) is 37.3 Å². The molecule has 1 N–H and O–H groups in total. The van der Waals surface area contributed by atoms with Crippen LogP contribution < -0.4 is 0 Å². The van der Waals surface area contributed by atoms with Crippen molar-refractivity contribution in [2.75, 3.05) is 13.7 Å². The van der Waals surface area contributed by atoms with Gasteiger partial charge >= 0.3 is 0 Å². The van der Waals surface area contributed by atoms with E-state index in [1.165, 1.54) is 0 Å². The average Bonchev–Trinajstić information content (AvgIpc) is 3.16. The van der Waals surface area contributed by atoms with E-state index >= 15 is 0 Å². The fourth-order valence-corrected chi connectivity index (χ4v) is 3.97. The van der Waals surface area contributed by atoms with Gasteiger partial charge in [0, 0.05) is 13.5 Å². The van der Waals surface area contributed by atoms with Crippen LogP contribution >= 0.6 is 0 Å². The van der Waals surface area contributed by atoms with Crippen molar-refractivity contribution in [3.63, 3.8) is 0 Å². The number of aliphatic hydroxyl groups excluding tert-OH is 1. The normalized spacial score (nSPS) is 21.9. The Morgan fingerprint density at radius 3 is 1.66 bits per heavy atom. The summed E-state index contributed by atoms with van der Waals surface area (Å²) < 4.78 is 17.8. The van der Waals surface area contributed by atoms with Crippen molar-refractivity contribution in [1.82, 2.24) is 0 Å². The van der Waals surface area contributed by atoms with Crippen LogP contribution in [0.3, 0.4) is 0 Å². The summed E-state index contributed by atoms with van der Waals surface area (Å²) in [4.78, 5) is 0. The van der Waals surface area contributed by atoms with Crippen molar-refractivity contribution in [2.24, 2.45) is 0 Å². The highest BCUT2D eigenvalue weighted by atomic mass is 16.7. The van der Waals surface area contributed by atoms with Crippen molar-refractivity contribution >= 4 is 0 Å². The molecule has 4 heteroatoms. The summed E-state index contributed by atoms with van der Waals surface area (Å²) in [6.45, 7) is 0.236. The highest BCUT2D eigenvalue weighted by Gasteiger charge is 2.41. The van der Waals surface area contributed by atoms with Gasteiger partial charge < -0.3 is 19.3 Å². The lowest BCUT2D eigenvalue weighted by Crippen LogP contribution is -2.38. The smallest absolute Gasteiger partial charge is 0.160 e. The predicted octanol–water partition coefficient (Wildman–Crippen LogP) is 4.12. The van der Waals surface area contributed by atoms with Crippen LogP contribution in [0.15, 0.2) is 91.0 Å². The number of ether oxygens (including phenoxy) is 3. The molecular formula is C25H26O4. The van der Waals surface area contributed by atoms with Crippen LogP contribution in [0.2, 0.25) is 0 Å². The van der Waals surface area contributed by atoms with Gasteiger partial charge in [0.25, 0.3) is 0 Å². The summed E-state index contributed by atoms with van der Waals surface area (Å²) in [7, 11) is 1.59. The third kappa shape index (κ3) is 3.98. The van der Waals surface area contributed by atoms with Crippen molar-refractivity contribution < 1.29 is 19.3 Å². The van der Waals surface area contributed by atoms with Crippen molar-refractivity contribution in [2.45, 2.75) is 30.5 Å². The molecule has 150 valence electrons. The summed E-state index contributed by atoms with van der Waals surface area (Å²) in [6.07, 6.45) is -1.03. The van der Waals surface area contributed by atoms with E-state index in [9.17, 15) is 5.11 Å². The van der Waals surface area contributed by atoms with Gasteiger partial charge in [-0.05, 0) is 16.7 Å². The summed E-state index contributed by atoms with van der Waals surface area (Å²) in [6, 6.07) is 30.5. The molecule has 1 aliphatic rings. The number of hydrogen-bond acceptors (Lipinski definition) is 4. The van der Waals surface area contributed by atoms with E-state index in [0.29, 0.717) is 6.42 Å². The summed E-state index contributed by atoms with van der Waals surface area (Å²) >= 11 is 0. The van der Waals surface area contributed by atoms with Crippen molar-refractivity contribution in [3.05, 3.63) is 108 Å². The molecule has 29 heavy (non-hydrogen) atoms. The van der Waals surface area contributed by atoms with Gasteiger partial charge in [-0.3, -0.25) is 0 Å². The minimum absolute atomic E-state index is 0.236. The lowest BCUT2D eigenvalue weighted by Gasteiger charge is -2.37. The molecule has 0 saturated carbocycles. The molecule has 1 heterocycles. The molecule has 0 unspecified atom stereocenters. The molecule has 3 atom stereocenters. The van der Waals surface area contributed by atoms with Crippen LogP contribution in [0.5, 0.6) is 0 Å². The fraction of sp³-hybridized carbons (Fsp3) is 0.280. The Hall–Kier alpha value is -2.50. The maximum atomic E-state index is 10.4. The molecule has 3 aromatic rings. The Morgan fingerprint density at radius 1 is 0.828 bits per heavy atom. The third-order valence-electron chi connectivity index (χ3n) is 5.46. The molecule has 4 rings (SSSR count). The van der Waals surface area contributed by atoms with E-state index in [0.717, 1.165) is 16.7 Å². The number of aliphatic hydroxyl groups is 1. The van der Waals surface area contributed by atoms with E-state index in [-0.39, 0.29) is 6.61 Å². The van der Waals surface area contributed by atoms with Gasteiger partial charge in [-0.2, -0.15) is 0 Å². The molecule has 1 aliphatic heterocycles. The van der Waals surface area contributed by atoms with Gasteiger partial charge in [0.2, 0.25) is 0 Å². The van der Waals surface area contributed by atoms with Crippen LogP contribution in [-0.2, 0) is 19.8 Å². The first-order chi connectivity index (χ1) is 14.2. The first-order valence-corrected chi connectivity index (χ1v) is 9.91. The minimum atomic E-state index is -0.821. The Labute approximate surface area is 171 Å². The van der Waals surface area contributed by atoms with E-state index in [1.54, 1.807) is 7.11 Å². The second kappa shape index (κ2) is 8.89. The first-order valence-electron chi connectivity index (χ1n) is 9.91. The SMILES string of the molecule is CO[C@@H]1C[C@@H](O)[C@@H](COC(c2ccccc2)(c2ccccc2)c2ccccc2)O1. The summed E-state index contributed by atoms with van der Waals surface area (Å²) in [5, 5.41) is 10.4. The van der Waals surface area contributed by atoms with Crippen LogP contribution in [0.4, 0.5) is 0 Å². The highest BCUT2D eigenvalue weighted by molar-refractivity contribution is 5.47. The van der Waals surface area contributed by atoms with Crippen LogP contribution in [0.25, 0.3) is 0 Å². The molecule has 0 bridgehead atoms. The standard InChI is InChI=1S/C25H26O4/c1-27-24-17-22(26)23(29-24)18-28-25(19-11-5-2-6-12-19,20-13-7-3-8-14-20)21-15-9-4-10-16-21/h2-16,22-24,26H,17-18H2,1H3/t22-,23-,24+/m1/s1. The van der Waals surface area contributed by atoms with E-state index < -0.39 is 24.1 Å². The van der Waals surface area contributed by atoms with Crippen LogP contribution in [0.1, 0.15) is 23.1 Å². The Kier molecular flexibility index (Phi) is 6.07. The quantitative estimate of drug-likeness (QED) is 0.617. The molecule has 1 saturated heterocycles. The molecular weight excluding hydrogens is 364 g/mol. The molecule has 0 radical (unpaired) electrons. The highest BCUT2D eigenvalue weighted by Crippen LogP contribution is 2.41. The second-order valence-corrected chi connectivity index (χ2v) is 7.23. The van der Waals surface area contributed by atoms with Gasteiger partial charge in [-0.1, -0.05) is 91.0 Å². The predicted molar refractivity (Wildman–Crippen MR) is 111 cm³/mol. The maximum absolute atomic E-state index is 10.4. The number of rotatable bonds is 7. The zero-order chi connectivity index (χ0) is 20.1. The maximum Gasteiger partial charge on any atom is 0.160 e. The van der Waals surface area contributed by atoms with E-state index in [4.69, 9.17) is 14.2 Å². The first kappa shape index (κ1) is 19.8. The van der Waals surface area contributed by atoms with Crippen molar-refractivity contribution in [1.29, 1.82) is 0 Å². The lowest BCUT2D eigenvalue weighted by atomic mass is 9.80. The van der Waals surface area contributed by atoms with Gasteiger partial charge in [0.1, 0.15) is 11.7 Å². The number of hydrogen-bond donors (Lipinski definition) is 1. The average molecular weight is 390 g/mol. The molecule has 1 fully saturated rings. The molecule has 0 aliphatic carbocycles. The lowest BCUT2D eigenvalue weighted by molar-refractivity contribution is -0.144. The van der Waals surface area contributed by atoms with Gasteiger partial charge in [0.05, 0.1) is 12.7 Å². The van der Waals surface area contributed by atoms with Crippen LogP contribution in [0, 0.1) is 0 Å². The zero-order valence-corrected chi connectivity index (χ0v) is 16.5. The zero-order valence-electron chi connectivity index (χ0n) is 16.5. The summed E-state index contributed by atoms with van der Waals surface area (Å²) in [5.74, 6) is 0. The summed E-state index contributed by atoms with van der Waals surface area (Å²) in [5.41, 5.74) is 2.24. The topological polar surface area (TPSA) is 47.9 Å². The third-order valence-corrected chi connectivity index (χ3v) is 5.46. The molecule has 4 nitrogen and oxygen atoms in total. The van der Waals surface area contributed by atoms with E-state index in [2.05, 4.69) is 36.4 Å². The molecule has 3 aromatic carbocycles. The Morgan fingerprint density at radius 2 is 1.28 bits per heavy atom. The van der Waals surface area contributed by atoms with Gasteiger partial charge in [0.15, 0.2) is 6.29 Å². The second-order valence-electron chi connectivity index (χ2n) is 7.23. The molecule has 0 spiro atoms. The number of benzene rings is 3. The van der Waals surface area contributed by atoms with Gasteiger partial charge in [-0.25, -0.2) is 0 Å². The Bertz CT molecular complexity index is 786. The fourth-order valence-electron chi connectivity index (χ4n) is 3.97. The monoisotopic (exact) mass is 390 g/mol.